The highest BCUT2D eigenvalue weighted by atomic mass is 16.2. The lowest BCUT2D eigenvalue weighted by molar-refractivity contribution is -0.130. The van der Waals surface area contributed by atoms with Gasteiger partial charge in [-0.1, -0.05) is 66.7 Å². The normalized spacial score (nSPS) is 16.3. The molecule has 146 valence electrons. The number of nitrogens with zero attached hydrogens (tertiary/aromatic N) is 1. The second kappa shape index (κ2) is 7.92. The molecule has 4 rings (SSSR count). The fourth-order valence-corrected chi connectivity index (χ4v) is 4.10. The SMILES string of the molecule is CC(=O)N1C=Cc2ccccc2C1CC(=O)NC(C)c1cccc2ccccc12. The first-order valence-corrected chi connectivity index (χ1v) is 9.87. The Morgan fingerprint density at radius 1 is 1.00 bits per heavy atom. The number of fused-ring (bicyclic) bond motifs is 2. The minimum absolute atomic E-state index is 0.0735. The lowest BCUT2D eigenvalue weighted by Crippen LogP contribution is -2.36. The summed E-state index contributed by atoms with van der Waals surface area (Å²) in [5, 5.41) is 5.42. The van der Waals surface area contributed by atoms with Crippen molar-refractivity contribution in [2.24, 2.45) is 0 Å². The van der Waals surface area contributed by atoms with Crippen LogP contribution < -0.4 is 5.32 Å². The molecule has 0 saturated heterocycles. The molecule has 0 fully saturated rings. The summed E-state index contributed by atoms with van der Waals surface area (Å²) in [5.41, 5.74) is 3.13. The summed E-state index contributed by atoms with van der Waals surface area (Å²) in [6.45, 7) is 3.53. The molecule has 1 aliphatic heterocycles. The Balaban J connectivity index is 1.55. The van der Waals surface area contributed by atoms with Crippen molar-refractivity contribution in [3.8, 4) is 0 Å². The van der Waals surface area contributed by atoms with E-state index in [9.17, 15) is 9.59 Å². The summed E-state index contributed by atoms with van der Waals surface area (Å²) in [6, 6.07) is 21.8. The van der Waals surface area contributed by atoms with Crippen LogP contribution in [0.3, 0.4) is 0 Å². The summed E-state index contributed by atoms with van der Waals surface area (Å²) in [5.74, 6) is -0.151. The molecule has 0 bridgehead atoms. The number of carbonyl (C=O) groups is 2. The number of hydrogen-bond donors (Lipinski definition) is 1. The molecule has 4 heteroatoms. The third-order valence-electron chi connectivity index (χ3n) is 5.52. The Labute approximate surface area is 170 Å². The van der Waals surface area contributed by atoms with Crippen molar-refractivity contribution in [3.63, 3.8) is 0 Å². The van der Waals surface area contributed by atoms with Gasteiger partial charge in [-0.2, -0.15) is 0 Å². The number of rotatable bonds is 4. The largest absolute Gasteiger partial charge is 0.349 e. The van der Waals surface area contributed by atoms with E-state index in [2.05, 4.69) is 23.5 Å². The Morgan fingerprint density at radius 3 is 2.55 bits per heavy atom. The van der Waals surface area contributed by atoms with E-state index < -0.39 is 0 Å². The van der Waals surface area contributed by atoms with E-state index in [0.717, 1.165) is 27.5 Å². The maximum atomic E-state index is 12.9. The molecule has 1 aliphatic rings. The maximum Gasteiger partial charge on any atom is 0.223 e. The van der Waals surface area contributed by atoms with Gasteiger partial charge in [0.1, 0.15) is 0 Å². The van der Waals surface area contributed by atoms with Crippen LogP contribution in [0.2, 0.25) is 0 Å². The monoisotopic (exact) mass is 384 g/mol. The fraction of sp³-hybridized carbons (Fsp3) is 0.200. The number of nitrogens with one attached hydrogen (secondary N) is 1. The van der Waals surface area contributed by atoms with Gasteiger partial charge < -0.3 is 10.2 Å². The zero-order valence-corrected chi connectivity index (χ0v) is 16.6. The number of benzene rings is 3. The molecule has 0 saturated carbocycles. The lowest BCUT2D eigenvalue weighted by Gasteiger charge is -2.32. The zero-order valence-electron chi connectivity index (χ0n) is 16.6. The minimum Gasteiger partial charge on any atom is -0.349 e. The highest BCUT2D eigenvalue weighted by Crippen LogP contribution is 2.33. The van der Waals surface area contributed by atoms with E-state index in [-0.39, 0.29) is 30.3 Å². The van der Waals surface area contributed by atoms with Crippen LogP contribution in [-0.2, 0) is 9.59 Å². The maximum absolute atomic E-state index is 12.9. The van der Waals surface area contributed by atoms with Gasteiger partial charge in [-0.25, -0.2) is 0 Å². The Morgan fingerprint density at radius 2 is 1.72 bits per heavy atom. The molecule has 0 radical (unpaired) electrons. The van der Waals surface area contributed by atoms with Crippen LogP contribution in [0.1, 0.15) is 49.0 Å². The van der Waals surface area contributed by atoms with Gasteiger partial charge in [0.15, 0.2) is 0 Å². The van der Waals surface area contributed by atoms with Crippen molar-refractivity contribution in [1.82, 2.24) is 10.2 Å². The van der Waals surface area contributed by atoms with E-state index >= 15 is 0 Å². The molecule has 2 amide bonds. The molecular weight excluding hydrogens is 360 g/mol. The summed E-state index contributed by atoms with van der Waals surface area (Å²) in [4.78, 5) is 26.7. The van der Waals surface area contributed by atoms with E-state index in [1.807, 2.05) is 61.5 Å². The zero-order chi connectivity index (χ0) is 20.4. The molecule has 1 N–H and O–H groups in total. The Kier molecular flexibility index (Phi) is 5.17. The predicted octanol–water partition coefficient (Wildman–Crippen LogP) is 4.98. The van der Waals surface area contributed by atoms with Crippen LogP contribution in [0.4, 0.5) is 0 Å². The average molecular weight is 384 g/mol. The van der Waals surface area contributed by atoms with Crippen molar-refractivity contribution < 1.29 is 9.59 Å². The van der Waals surface area contributed by atoms with Crippen LogP contribution >= 0.6 is 0 Å². The van der Waals surface area contributed by atoms with Crippen molar-refractivity contribution in [1.29, 1.82) is 0 Å². The first kappa shape index (κ1) is 18.9. The van der Waals surface area contributed by atoms with E-state index in [1.54, 1.807) is 11.1 Å². The summed E-state index contributed by atoms with van der Waals surface area (Å²) < 4.78 is 0. The predicted molar refractivity (Wildman–Crippen MR) is 116 cm³/mol. The van der Waals surface area contributed by atoms with Gasteiger partial charge in [0.2, 0.25) is 11.8 Å². The van der Waals surface area contributed by atoms with E-state index in [4.69, 9.17) is 0 Å². The van der Waals surface area contributed by atoms with Gasteiger partial charge >= 0.3 is 0 Å². The van der Waals surface area contributed by atoms with Crippen molar-refractivity contribution in [2.45, 2.75) is 32.4 Å². The molecule has 0 aromatic heterocycles. The molecule has 2 unspecified atom stereocenters. The minimum atomic E-state index is -0.298. The molecule has 0 aliphatic carbocycles. The van der Waals surface area contributed by atoms with Crippen LogP contribution in [0.5, 0.6) is 0 Å². The van der Waals surface area contributed by atoms with Gasteiger partial charge in [-0.15, -0.1) is 0 Å². The van der Waals surface area contributed by atoms with Gasteiger partial charge in [0.05, 0.1) is 18.5 Å². The third-order valence-corrected chi connectivity index (χ3v) is 5.52. The fourth-order valence-electron chi connectivity index (χ4n) is 4.10. The standard InChI is InChI=1S/C25H24N2O2/c1-17(21-13-7-10-19-8-3-5-11-22(19)21)26-25(29)16-24-23-12-6-4-9-20(23)14-15-27(24)18(2)28/h3-15,17,24H,16H2,1-2H3,(H,26,29). The quantitative estimate of drug-likeness (QED) is 0.690. The highest BCUT2D eigenvalue weighted by molar-refractivity contribution is 5.87. The molecular formula is C25H24N2O2. The number of amides is 2. The highest BCUT2D eigenvalue weighted by Gasteiger charge is 2.28. The molecule has 1 heterocycles. The molecule has 2 atom stereocenters. The first-order valence-electron chi connectivity index (χ1n) is 9.87. The summed E-state index contributed by atoms with van der Waals surface area (Å²) in [7, 11) is 0. The number of hydrogen-bond acceptors (Lipinski definition) is 2. The molecule has 0 spiro atoms. The molecule has 3 aromatic rings. The van der Waals surface area contributed by atoms with Gasteiger partial charge in [0, 0.05) is 13.1 Å². The van der Waals surface area contributed by atoms with Gasteiger partial charge in [-0.05, 0) is 40.5 Å². The van der Waals surface area contributed by atoms with Crippen LogP contribution in [-0.4, -0.2) is 16.7 Å². The summed E-state index contributed by atoms with van der Waals surface area (Å²) >= 11 is 0. The molecule has 29 heavy (non-hydrogen) atoms. The van der Waals surface area contributed by atoms with E-state index in [1.165, 1.54) is 6.92 Å². The van der Waals surface area contributed by atoms with Crippen molar-refractivity contribution in [2.75, 3.05) is 0 Å². The second-order valence-electron chi connectivity index (χ2n) is 7.45. The summed E-state index contributed by atoms with van der Waals surface area (Å²) in [6.07, 6.45) is 3.91. The van der Waals surface area contributed by atoms with Crippen molar-refractivity contribution >= 4 is 28.7 Å². The lowest BCUT2D eigenvalue weighted by atomic mass is 9.93. The van der Waals surface area contributed by atoms with Crippen LogP contribution in [0.25, 0.3) is 16.8 Å². The molecule has 4 nitrogen and oxygen atoms in total. The van der Waals surface area contributed by atoms with Crippen LogP contribution in [0, 0.1) is 0 Å². The van der Waals surface area contributed by atoms with Gasteiger partial charge in [0.25, 0.3) is 0 Å². The van der Waals surface area contributed by atoms with Crippen LogP contribution in [0.15, 0.2) is 72.9 Å². The van der Waals surface area contributed by atoms with Crippen molar-refractivity contribution in [3.05, 3.63) is 89.6 Å². The Bertz CT molecular complexity index is 1100. The Hall–Kier alpha value is -3.40. The smallest absolute Gasteiger partial charge is 0.223 e. The number of carbonyl (C=O) groups excluding carboxylic acids is 2. The van der Waals surface area contributed by atoms with E-state index in [0.29, 0.717) is 0 Å². The third kappa shape index (κ3) is 3.79. The topological polar surface area (TPSA) is 49.4 Å². The first-order chi connectivity index (χ1) is 14.0. The second-order valence-corrected chi connectivity index (χ2v) is 7.45. The average Bonchev–Trinajstić information content (AvgIpc) is 2.73. The van der Waals surface area contributed by atoms with Gasteiger partial charge in [-0.3, -0.25) is 9.59 Å². The molecule has 3 aromatic carbocycles.